The Morgan fingerprint density at radius 2 is 1.76 bits per heavy atom. The maximum Gasteiger partial charge on any atom is 0.253 e. The van der Waals surface area contributed by atoms with Gasteiger partial charge >= 0.3 is 0 Å². The lowest BCUT2D eigenvalue weighted by atomic mass is 9.99. The molecule has 2 bridgehead atoms. The molecule has 2 aliphatic rings. The van der Waals surface area contributed by atoms with Crippen LogP contribution in [0.15, 0.2) is 42.5 Å². The van der Waals surface area contributed by atoms with E-state index in [0.29, 0.717) is 25.9 Å². The average Bonchev–Trinajstić information content (AvgIpc) is 3.04. The third kappa shape index (κ3) is 6.59. The molecule has 184 valence electrons. The molecule has 0 spiro atoms. The summed E-state index contributed by atoms with van der Waals surface area (Å²) >= 11 is 0. The van der Waals surface area contributed by atoms with Crippen LogP contribution in [0.4, 0.5) is 0 Å². The minimum Gasteiger partial charge on any atom is -0.491 e. The Balaban J connectivity index is 1.59. The van der Waals surface area contributed by atoms with Gasteiger partial charge in [0.1, 0.15) is 12.4 Å². The van der Waals surface area contributed by atoms with E-state index in [9.17, 15) is 4.79 Å². The fourth-order valence-corrected chi connectivity index (χ4v) is 4.73. The molecule has 0 aromatic heterocycles. The Morgan fingerprint density at radius 3 is 2.62 bits per heavy atom. The van der Waals surface area contributed by atoms with Gasteiger partial charge < -0.3 is 19.3 Å². The van der Waals surface area contributed by atoms with Crippen molar-refractivity contribution in [3.05, 3.63) is 64.7 Å². The van der Waals surface area contributed by atoms with Crippen LogP contribution >= 0.6 is 0 Å². The van der Waals surface area contributed by atoms with Crippen LogP contribution in [0.3, 0.4) is 0 Å². The first kappa shape index (κ1) is 24.7. The van der Waals surface area contributed by atoms with Gasteiger partial charge in [0, 0.05) is 50.7 Å². The molecule has 0 saturated carbocycles. The van der Waals surface area contributed by atoms with Crippen molar-refractivity contribution >= 4 is 5.91 Å². The molecule has 2 heterocycles. The molecule has 1 fully saturated rings. The van der Waals surface area contributed by atoms with E-state index in [-0.39, 0.29) is 5.91 Å². The standard InChI is InChI=1S/C28H39N3O3/c1-22(2)31-14-15-33-16-17-34-27-9-8-25(28(32)30-11-5-10-29(3)12-13-30)20-26(27)19-23-6-4-7-24(18-23)21-31/h4,6-9,18,20,22H,5,10-17,19,21H2,1-3H3. The molecule has 0 atom stereocenters. The number of carbonyl (C=O) groups is 1. The number of carbonyl (C=O) groups excluding carboxylic acids is 1. The van der Waals surface area contributed by atoms with Crippen molar-refractivity contribution in [2.75, 3.05) is 59.6 Å². The van der Waals surface area contributed by atoms with Gasteiger partial charge in [-0.3, -0.25) is 9.69 Å². The van der Waals surface area contributed by atoms with E-state index in [1.54, 1.807) is 0 Å². The molecule has 6 heteroatoms. The summed E-state index contributed by atoms with van der Waals surface area (Å²) in [6.45, 7) is 11.5. The first-order valence-electron chi connectivity index (χ1n) is 12.6. The van der Waals surface area contributed by atoms with Crippen LogP contribution in [0.1, 0.15) is 47.3 Å². The Labute approximate surface area is 204 Å². The lowest BCUT2D eigenvalue weighted by Crippen LogP contribution is -2.34. The predicted molar refractivity (Wildman–Crippen MR) is 136 cm³/mol. The third-order valence-corrected chi connectivity index (χ3v) is 6.82. The topological polar surface area (TPSA) is 45.3 Å². The second-order valence-electron chi connectivity index (χ2n) is 9.79. The van der Waals surface area contributed by atoms with Crippen molar-refractivity contribution in [1.29, 1.82) is 0 Å². The summed E-state index contributed by atoms with van der Waals surface area (Å²) < 4.78 is 12.0. The average molecular weight is 466 g/mol. The molecule has 2 aliphatic heterocycles. The van der Waals surface area contributed by atoms with E-state index >= 15 is 0 Å². The molecule has 1 amide bonds. The molecule has 0 unspecified atom stereocenters. The first-order chi connectivity index (χ1) is 16.5. The van der Waals surface area contributed by atoms with E-state index in [2.05, 4.69) is 55.0 Å². The van der Waals surface area contributed by atoms with Gasteiger partial charge in [0.15, 0.2) is 0 Å². The molecule has 4 rings (SSSR count). The number of benzene rings is 2. The smallest absolute Gasteiger partial charge is 0.253 e. The van der Waals surface area contributed by atoms with Crippen LogP contribution in [0.2, 0.25) is 0 Å². The molecule has 34 heavy (non-hydrogen) atoms. The quantitative estimate of drug-likeness (QED) is 0.677. The Morgan fingerprint density at radius 1 is 0.912 bits per heavy atom. The second kappa shape index (κ2) is 11.8. The maximum absolute atomic E-state index is 13.3. The Bertz CT molecular complexity index is 962. The van der Waals surface area contributed by atoms with Crippen LogP contribution in [0.5, 0.6) is 5.75 Å². The van der Waals surface area contributed by atoms with Gasteiger partial charge in [-0.1, -0.05) is 24.3 Å². The molecule has 6 nitrogen and oxygen atoms in total. The minimum atomic E-state index is 0.113. The van der Waals surface area contributed by atoms with Gasteiger partial charge in [0.2, 0.25) is 0 Å². The van der Waals surface area contributed by atoms with Gasteiger partial charge in [0.25, 0.3) is 5.91 Å². The SMILES string of the molecule is CC(C)N1CCOCCOc2ccc(C(=O)N3CCCN(C)CC3)cc2Cc2cccc(c2)C1. The van der Waals surface area contributed by atoms with Gasteiger partial charge in [-0.2, -0.15) is 0 Å². The van der Waals surface area contributed by atoms with Gasteiger partial charge in [-0.15, -0.1) is 0 Å². The van der Waals surface area contributed by atoms with Crippen molar-refractivity contribution in [3.8, 4) is 5.75 Å². The van der Waals surface area contributed by atoms with E-state index in [4.69, 9.17) is 9.47 Å². The summed E-state index contributed by atoms with van der Waals surface area (Å²) in [5.74, 6) is 0.948. The van der Waals surface area contributed by atoms with Crippen LogP contribution in [0.25, 0.3) is 0 Å². The second-order valence-corrected chi connectivity index (χ2v) is 9.79. The fraction of sp³-hybridized carbons (Fsp3) is 0.536. The van der Waals surface area contributed by atoms with Crippen LogP contribution in [-0.4, -0.2) is 86.2 Å². The zero-order valence-corrected chi connectivity index (χ0v) is 21.0. The van der Waals surface area contributed by atoms with Crippen LogP contribution in [0, 0.1) is 0 Å². The zero-order chi connectivity index (χ0) is 23.9. The van der Waals surface area contributed by atoms with Crippen molar-refractivity contribution in [2.24, 2.45) is 0 Å². The highest BCUT2D eigenvalue weighted by Gasteiger charge is 2.20. The first-order valence-corrected chi connectivity index (χ1v) is 12.6. The van der Waals surface area contributed by atoms with E-state index in [1.807, 2.05) is 23.1 Å². The summed E-state index contributed by atoms with van der Waals surface area (Å²) in [6.07, 6.45) is 1.74. The van der Waals surface area contributed by atoms with Crippen molar-refractivity contribution in [1.82, 2.24) is 14.7 Å². The molecule has 1 saturated heterocycles. The number of ether oxygens (including phenoxy) is 2. The molecular formula is C28H39N3O3. The number of hydrogen-bond donors (Lipinski definition) is 0. The van der Waals surface area contributed by atoms with E-state index < -0.39 is 0 Å². The number of amides is 1. The number of fused-ring (bicyclic) bond motifs is 3. The molecule has 0 radical (unpaired) electrons. The predicted octanol–water partition coefficient (Wildman–Crippen LogP) is 3.67. The van der Waals surface area contributed by atoms with Gasteiger partial charge in [-0.05, 0) is 68.8 Å². The highest BCUT2D eigenvalue weighted by Crippen LogP contribution is 2.25. The summed E-state index contributed by atoms with van der Waals surface area (Å²) in [7, 11) is 2.12. The third-order valence-electron chi connectivity index (χ3n) is 6.82. The minimum absolute atomic E-state index is 0.113. The molecule has 2 aromatic carbocycles. The van der Waals surface area contributed by atoms with Gasteiger partial charge in [0.05, 0.1) is 13.2 Å². The number of hydrogen-bond acceptors (Lipinski definition) is 5. The molecule has 0 aliphatic carbocycles. The highest BCUT2D eigenvalue weighted by atomic mass is 16.5. The summed E-state index contributed by atoms with van der Waals surface area (Å²) in [6, 6.07) is 15.1. The van der Waals surface area contributed by atoms with Crippen molar-refractivity contribution in [3.63, 3.8) is 0 Å². The summed E-state index contributed by atoms with van der Waals surface area (Å²) in [5.41, 5.74) is 4.33. The number of likely N-dealkylation sites (N-methyl/N-ethyl adjacent to an activating group) is 1. The van der Waals surface area contributed by atoms with Crippen LogP contribution in [-0.2, 0) is 17.7 Å². The Hall–Kier alpha value is -2.41. The lowest BCUT2D eigenvalue weighted by Gasteiger charge is -2.27. The highest BCUT2D eigenvalue weighted by molar-refractivity contribution is 5.94. The molecule has 2 aromatic rings. The number of nitrogens with zero attached hydrogens (tertiary/aromatic N) is 3. The molecule has 0 N–H and O–H groups in total. The van der Waals surface area contributed by atoms with E-state index in [1.165, 1.54) is 11.1 Å². The zero-order valence-electron chi connectivity index (χ0n) is 21.0. The summed E-state index contributed by atoms with van der Waals surface area (Å²) in [4.78, 5) is 20.0. The lowest BCUT2D eigenvalue weighted by molar-refractivity contribution is 0.0695. The number of rotatable bonds is 2. The Kier molecular flexibility index (Phi) is 8.59. The monoisotopic (exact) mass is 465 g/mol. The fourth-order valence-electron chi connectivity index (χ4n) is 4.73. The van der Waals surface area contributed by atoms with Crippen LogP contribution < -0.4 is 4.74 Å². The maximum atomic E-state index is 13.3. The van der Waals surface area contributed by atoms with E-state index in [0.717, 1.165) is 69.0 Å². The van der Waals surface area contributed by atoms with Crippen molar-refractivity contribution in [2.45, 2.75) is 39.3 Å². The largest absolute Gasteiger partial charge is 0.491 e. The van der Waals surface area contributed by atoms with Gasteiger partial charge in [-0.25, -0.2) is 0 Å². The normalized spacial score (nSPS) is 19.1. The van der Waals surface area contributed by atoms with Crippen molar-refractivity contribution < 1.29 is 14.3 Å². The summed E-state index contributed by atoms with van der Waals surface area (Å²) in [5, 5.41) is 0. The molecular weight excluding hydrogens is 426 g/mol.